The molecule has 0 aliphatic rings. The first-order valence-electron chi connectivity index (χ1n) is 4.49. The molecule has 92 valence electrons. The minimum atomic E-state index is -2.51. The molecule has 1 aromatic rings. The van der Waals surface area contributed by atoms with Crippen LogP contribution in [0.3, 0.4) is 0 Å². The Balaban J connectivity index is 3.26. The molecule has 1 rings (SSSR count). The summed E-state index contributed by atoms with van der Waals surface area (Å²) in [7, 11) is -0.126. The first-order chi connectivity index (χ1) is 8.01. The van der Waals surface area contributed by atoms with Crippen LogP contribution >= 0.6 is 8.38 Å². The number of carbonyl (C=O) groups excluding carboxylic acids is 2. The van der Waals surface area contributed by atoms with Gasteiger partial charge in [0.1, 0.15) is 0 Å². The number of hydrogen-bond donors (Lipinski definition) is 2. The Morgan fingerprint density at radius 1 is 1.12 bits per heavy atom. The Kier molecular flexibility index (Phi) is 4.57. The molecular formula is C10H11O6P. The Bertz CT molecular complexity index is 442. The Labute approximate surface area is 98.7 Å². The lowest BCUT2D eigenvalue weighted by Crippen LogP contribution is -2.17. The maximum absolute atomic E-state index is 11.3. The second kappa shape index (κ2) is 5.72. The van der Waals surface area contributed by atoms with E-state index >= 15 is 0 Å². The second-order valence-electron chi connectivity index (χ2n) is 3.00. The number of hydrogen-bond acceptors (Lipinski definition) is 6. The van der Waals surface area contributed by atoms with E-state index in [1.54, 1.807) is 0 Å². The molecular weight excluding hydrogens is 247 g/mol. The van der Waals surface area contributed by atoms with Crippen LogP contribution in [0.2, 0.25) is 0 Å². The average Bonchev–Trinajstić information content (AvgIpc) is 2.35. The first kappa shape index (κ1) is 13.6. The highest BCUT2D eigenvalue weighted by Gasteiger charge is 2.19. The van der Waals surface area contributed by atoms with Gasteiger partial charge in [-0.2, -0.15) is 0 Å². The van der Waals surface area contributed by atoms with Gasteiger partial charge in [-0.3, -0.25) is 0 Å². The third kappa shape index (κ3) is 3.00. The Morgan fingerprint density at radius 3 is 2.18 bits per heavy atom. The van der Waals surface area contributed by atoms with E-state index in [9.17, 15) is 19.4 Å². The maximum atomic E-state index is 11.3. The van der Waals surface area contributed by atoms with E-state index in [0.29, 0.717) is 0 Å². The molecule has 0 saturated heterocycles. The lowest BCUT2D eigenvalue weighted by molar-refractivity contribution is 0.0588. The van der Waals surface area contributed by atoms with Gasteiger partial charge in [0.05, 0.1) is 25.3 Å². The summed E-state index contributed by atoms with van der Waals surface area (Å²) in [5, 5.41) is -0.0465. The van der Waals surface area contributed by atoms with E-state index in [2.05, 4.69) is 9.47 Å². The summed E-state index contributed by atoms with van der Waals surface area (Å²) in [4.78, 5) is 41.0. The van der Waals surface area contributed by atoms with Crippen molar-refractivity contribution in [1.29, 1.82) is 0 Å². The van der Waals surface area contributed by atoms with E-state index < -0.39 is 20.3 Å². The van der Waals surface area contributed by atoms with Gasteiger partial charge < -0.3 is 19.3 Å². The summed E-state index contributed by atoms with van der Waals surface area (Å²) in [5.74, 6) is -1.33. The number of rotatable bonds is 3. The van der Waals surface area contributed by atoms with Crippen molar-refractivity contribution in [1.82, 2.24) is 0 Å². The monoisotopic (exact) mass is 258 g/mol. The van der Waals surface area contributed by atoms with Crippen molar-refractivity contribution < 1.29 is 28.8 Å². The van der Waals surface area contributed by atoms with Gasteiger partial charge in [0.25, 0.3) is 0 Å². The number of esters is 2. The highest BCUT2D eigenvalue weighted by atomic mass is 31.2. The smallest absolute Gasteiger partial charge is 0.338 e. The molecule has 0 aromatic heterocycles. The largest absolute Gasteiger partial charge is 0.465 e. The van der Waals surface area contributed by atoms with Crippen molar-refractivity contribution in [2.24, 2.45) is 0 Å². The van der Waals surface area contributed by atoms with Crippen LogP contribution in [-0.4, -0.2) is 35.9 Å². The van der Waals surface area contributed by atoms with Crippen molar-refractivity contribution in [2.45, 2.75) is 0 Å². The van der Waals surface area contributed by atoms with Crippen LogP contribution in [0.4, 0.5) is 0 Å². The lowest BCUT2D eigenvalue weighted by Gasteiger charge is -2.10. The normalized spacial score (nSPS) is 10.2. The molecule has 0 radical (unpaired) electrons. The van der Waals surface area contributed by atoms with Crippen LogP contribution in [-0.2, 0) is 9.47 Å². The molecule has 0 aliphatic carbocycles. The third-order valence-electron chi connectivity index (χ3n) is 2.04. The first-order valence-corrected chi connectivity index (χ1v) is 5.74. The summed E-state index contributed by atoms with van der Waals surface area (Å²) in [6.07, 6.45) is 0. The summed E-state index contributed by atoms with van der Waals surface area (Å²) < 4.78 is 8.97. The number of ether oxygens (including phenoxy) is 2. The van der Waals surface area contributed by atoms with Gasteiger partial charge >= 0.3 is 11.9 Å². The van der Waals surface area contributed by atoms with Gasteiger partial charge in [0, 0.05) is 5.30 Å². The number of carbonyl (C=O) groups is 2. The SMILES string of the molecule is COC(=O)c1ccc(C(=O)OC)c(P(O)O)c1. The summed E-state index contributed by atoms with van der Waals surface area (Å²) >= 11 is 0. The predicted molar refractivity (Wildman–Crippen MR) is 60.1 cm³/mol. The molecule has 0 fully saturated rings. The maximum Gasteiger partial charge on any atom is 0.338 e. The molecule has 0 spiro atoms. The Morgan fingerprint density at radius 2 is 1.71 bits per heavy atom. The predicted octanol–water partition coefficient (Wildman–Crippen LogP) is 0.182. The van der Waals surface area contributed by atoms with Crippen LogP contribution < -0.4 is 5.30 Å². The molecule has 0 bridgehead atoms. The van der Waals surface area contributed by atoms with Crippen LogP contribution in [0.1, 0.15) is 20.7 Å². The van der Waals surface area contributed by atoms with Gasteiger partial charge in [0.15, 0.2) is 0 Å². The molecule has 0 heterocycles. The minimum absolute atomic E-state index is 0.0104. The summed E-state index contributed by atoms with van der Waals surface area (Å²) in [6.45, 7) is 0. The number of benzene rings is 1. The topological polar surface area (TPSA) is 93.1 Å². The Hall–Kier alpha value is -1.49. The molecule has 7 heteroatoms. The van der Waals surface area contributed by atoms with Gasteiger partial charge in [-0.15, -0.1) is 0 Å². The fraction of sp³-hybridized carbons (Fsp3) is 0.200. The van der Waals surface area contributed by atoms with Gasteiger partial charge in [-0.25, -0.2) is 9.59 Å². The van der Waals surface area contributed by atoms with E-state index in [-0.39, 0.29) is 16.4 Å². The van der Waals surface area contributed by atoms with Crippen molar-refractivity contribution >= 4 is 25.6 Å². The lowest BCUT2D eigenvalue weighted by atomic mass is 10.1. The number of methoxy groups -OCH3 is 2. The summed E-state index contributed by atoms with van der Waals surface area (Å²) in [6, 6.07) is 3.83. The zero-order valence-corrected chi connectivity index (χ0v) is 10.1. The van der Waals surface area contributed by atoms with E-state index in [4.69, 9.17) is 0 Å². The van der Waals surface area contributed by atoms with Crippen molar-refractivity contribution in [3.63, 3.8) is 0 Å². The molecule has 0 atom stereocenters. The van der Waals surface area contributed by atoms with Gasteiger partial charge in [-0.1, -0.05) is 0 Å². The molecule has 17 heavy (non-hydrogen) atoms. The highest BCUT2D eigenvalue weighted by molar-refractivity contribution is 7.54. The van der Waals surface area contributed by atoms with E-state index in [1.807, 2.05) is 0 Å². The standard InChI is InChI=1S/C10H11O6P/c1-15-9(11)6-3-4-7(10(12)16-2)8(5-6)17(13)14/h3-5,13-14H,1-2H3. The van der Waals surface area contributed by atoms with Crippen LogP contribution in [0, 0.1) is 0 Å². The zero-order valence-electron chi connectivity index (χ0n) is 9.21. The van der Waals surface area contributed by atoms with Crippen LogP contribution in [0.25, 0.3) is 0 Å². The van der Waals surface area contributed by atoms with E-state index in [1.165, 1.54) is 32.4 Å². The van der Waals surface area contributed by atoms with E-state index in [0.717, 1.165) is 0 Å². The fourth-order valence-corrected chi connectivity index (χ4v) is 1.86. The minimum Gasteiger partial charge on any atom is -0.465 e. The average molecular weight is 258 g/mol. The molecule has 0 amide bonds. The van der Waals surface area contributed by atoms with Gasteiger partial charge in [0.2, 0.25) is 8.38 Å². The van der Waals surface area contributed by atoms with Crippen molar-refractivity contribution in [3.05, 3.63) is 29.3 Å². The molecule has 0 saturated carbocycles. The van der Waals surface area contributed by atoms with Crippen LogP contribution in [0.5, 0.6) is 0 Å². The van der Waals surface area contributed by atoms with Crippen molar-refractivity contribution in [2.75, 3.05) is 14.2 Å². The molecule has 6 nitrogen and oxygen atoms in total. The van der Waals surface area contributed by atoms with Crippen molar-refractivity contribution in [3.8, 4) is 0 Å². The second-order valence-corrected chi connectivity index (χ2v) is 4.07. The zero-order chi connectivity index (χ0) is 13.0. The molecule has 0 unspecified atom stereocenters. The fourth-order valence-electron chi connectivity index (χ4n) is 1.22. The highest BCUT2D eigenvalue weighted by Crippen LogP contribution is 2.25. The van der Waals surface area contributed by atoms with Gasteiger partial charge in [-0.05, 0) is 18.2 Å². The third-order valence-corrected chi connectivity index (χ3v) is 2.84. The quantitative estimate of drug-likeness (QED) is 0.593. The summed E-state index contributed by atoms with van der Waals surface area (Å²) in [5.41, 5.74) is 0.141. The molecule has 2 N–H and O–H groups in total. The van der Waals surface area contributed by atoms with Crippen LogP contribution in [0.15, 0.2) is 18.2 Å². The molecule has 0 aliphatic heterocycles. The molecule has 1 aromatic carbocycles.